The van der Waals surface area contributed by atoms with E-state index in [1.54, 1.807) is 25.2 Å². The second-order valence-corrected chi connectivity index (χ2v) is 7.97. The number of aryl methyl sites for hydroxylation is 1. The van der Waals surface area contributed by atoms with E-state index in [1.807, 2.05) is 0 Å². The summed E-state index contributed by atoms with van der Waals surface area (Å²) in [6.07, 6.45) is 4.30. The van der Waals surface area contributed by atoms with Gasteiger partial charge in [0, 0.05) is 10.9 Å². The molecule has 2 aromatic heterocycles. The molecule has 2 N–H and O–H groups in total. The van der Waals surface area contributed by atoms with E-state index in [-0.39, 0.29) is 18.1 Å². The Morgan fingerprint density at radius 2 is 2.20 bits per heavy atom. The van der Waals surface area contributed by atoms with Gasteiger partial charge in [0.05, 0.1) is 11.7 Å². The highest BCUT2D eigenvalue weighted by Crippen LogP contribution is 2.35. The monoisotopic (exact) mass is 362 g/mol. The molecule has 8 heteroatoms. The highest BCUT2D eigenvalue weighted by atomic mass is 32.1. The molecule has 134 valence electrons. The van der Waals surface area contributed by atoms with Gasteiger partial charge in [-0.3, -0.25) is 19.5 Å². The number of carbonyl (C=O) groups excluding carboxylic acids is 2. The predicted octanol–water partition coefficient (Wildman–Crippen LogP) is 1.82. The highest BCUT2D eigenvalue weighted by molar-refractivity contribution is 7.18. The third-order valence-corrected chi connectivity index (χ3v) is 5.43. The largest absolute Gasteiger partial charge is 0.336 e. The third-order valence-electron chi connectivity index (χ3n) is 4.27. The first-order valence-electron chi connectivity index (χ1n) is 8.45. The molecule has 0 saturated heterocycles. The molecule has 25 heavy (non-hydrogen) atoms. The Morgan fingerprint density at radius 1 is 1.44 bits per heavy atom. The number of fused-ring (bicyclic) bond motifs is 3. The summed E-state index contributed by atoms with van der Waals surface area (Å²) in [6.45, 7) is 5.58. The zero-order valence-corrected chi connectivity index (χ0v) is 15.4. The summed E-state index contributed by atoms with van der Waals surface area (Å²) in [7, 11) is 0. The molecule has 3 amide bonds. The maximum atomic E-state index is 12.8. The van der Waals surface area contributed by atoms with Crippen LogP contribution in [0, 0.1) is 5.92 Å². The topological polar surface area (TPSA) is 93.1 Å². The molecule has 7 nitrogen and oxygen atoms in total. The Labute approximate surface area is 149 Å². The van der Waals surface area contributed by atoms with Gasteiger partial charge in [-0.05, 0) is 44.6 Å². The lowest BCUT2D eigenvalue weighted by Gasteiger charge is -2.17. The molecule has 0 aliphatic heterocycles. The molecule has 0 unspecified atom stereocenters. The second-order valence-electron chi connectivity index (χ2n) is 6.89. The lowest BCUT2D eigenvalue weighted by atomic mass is 9.89. The number of hydrogen-bond donors (Lipinski definition) is 2. The van der Waals surface area contributed by atoms with Crippen molar-refractivity contribution in [1.29, 1.82) is 0 Å². The summed E-state index contributed by atoms with van der Waals surface area (Å²) in [6, 6.07) is -0.641. The van der Waals surface area contributed by atoms with Gasteiger partial charge in [0.2, 0.25) is 5.91 Å². The van der Waals surface area contributed by atoms with Gasteiger partial charge >= 0.3 is 6.03 Å². The Balaban J connectivity index is 1.83. The quantitative estimate of drug-likeness (QED) is 0.871. The van der Waals surface area contributed by atoms with E-state index in [0.29, 0.717) is 11.3 Å². The fourth-order valence-electron chi connectivity index (χ4n) is 3.10. The zero-order valence-electron chi connectivity index (χ0n) is 14.6. The average Bonchev–Trinajstić information content (AvgIpc) is 2.87. The van der Waals surface area contributed by atoms with Crippen LogP contribution in [-0.2, 0) is 24.2 Å². The number of hydrogen-bond acceptors (Lipinski definition) is 5. The van der Waals surface area contributed by atoms with Crippen molar-refractivity contribution in [2.24, 2.45) is 5.92 Å². The van der Waals surface area contributed by atoms with Gasteiger partial charge < -0.3 is 5.32 Å². The maximum absolute atomic E-state index is 12.8. The Hall–Kier alpha value is -2.22. The summed E-state index contributed by atoms with van der Waals surface area (Å²) >= 11 is 1.57. The number of nitrogens with zero attached hydrogens (tertiary/aromatic N) is 2. The molecule has 1 aliphatic rings. The van der Waals surface area contributed by atoms with E-state index in [1.165, 1.54) is 15.8 Å². The van der Waals surface area contributed by atoms with Crippen LogP contribution >= 0.6 is 11.3 Å². The number of rotatable bonds is 3. The minimum absolute atomic E-state index is 0.0757. The molecule has 2 aromatic rings. The van der Waals surface area contributed by atoms with Gasteiger partial charge in [0.25, 0.3) is 5.56 Å². The molecule has 0 radical (unpaired) electrons. The zero-order chi connectivity index (χ0) is 18.1. The maximum Gasteiger partial charge on any atom is 0.321 e. The molecule has 0 bridgehead atoms. The molecule has 3 rings (SSSR count). The van der Waals surface area contributed by atoms with E-state index in [2.05, 4.69) is 22.5 Å². The van der Waals surface area contributed by atoms with Crippen LogP contribution < -0.4 is 16.2 Å². The van der Waals surface area contributed by atoms with Crippen LogP contribution in [0.2, 0.25) is 0 Å². The van der Waals surface area contributed by atoms with Crippen LogP contribution in [0.3, 0.4) is 0 Å². The molecule has 0 saturated carbocycles. The van der Waals surface area contributed by atoms with Gasteiger partial charge in [-0.15, -0.1) is 11.3 Å². The first-order valence-corrected chi connectivity index (χ1v) is 9.26. The summed E-state index contributed by atoms with van der Waals surface area (Å²) in [4.78, 5) is 42.7. The summed E-state index contributed by atoms with van der Waals surface area (Å²) in [5, 5.41) is 5.43. The van der Waals surface area contributed by atoms with Crippen LogP contribution in [0.25, 0.3) is 10.2 Å². The number of amides is 3. The fraction of sp³-hybridized carbons (Fsp3) is 0.529. The highest BCUT2D eigenvalue weighted by Gasteiger charge is 2.23. The number of imide groups is 1. The van der Waals surface area contributed by atoms with Crippen LogP contribution in [0.4, 0.5) is 4.79 Å². The number of thiophene rings is 1. The SMILES string of the molecule is CC(C)NC(=O)NC(=O)Cn1cnc2sc3c(c2c1=O)CC[C@H](C)C3. The molecule has 1 aliphatic carbocycles. The Morgan fingerprint density at radius 3 is 2.92 bits per heavy atom. The molecule has 2 heterocycles. The number of aromatic nitrogens is 2. The lowest BCUT2D eigenvalue weighted by molar-refractivity contribution is -0.120. The van der Waals surface area contributed by atoms with Crippen molar-refractivity contribution < 1.29 is 9.59 Å². The standard InChI is InChI=1S/C17H22N4O3S/c1-9(2)19-17(24)20-13(22)7-21-8-18-15-14(16(21)23)11-5-4-10(3)6-12(11)25-15/h8-10H,4-7H2,1-3H3,(H2,19,20,22,24)/t10-/m0/s1. The van der Waals surface area contributed by atoms with Crippen LogP contribution in [0.5, 0.6) is 0 Å². The Bertz CT molecular complexity index is 884. The van der Waals surface area contributed by atoms with Crippen molar-refractivity contribution in [3.05, 3.63) is 27.1 Å². The van der Waals surface area contributed by atoms with E-state index in [9.17, 15) is 14.4 Å². The number of nitrogens with one attached hydrogen (secondary N) is 2. The van der Waals surface area contributed by atoms with E-state index >= 15 is 0 Å². The summed E-state index contributed by atoms with van der Waals surface area (Å²) in [5.41, 5.74) is 0.874. The van der Waals surface area contributed by atoms with Crippen molar-refractivity contribution in [3.8, 4) is 0 Å². The van der Waals surface area contributed by atoms with E-state index in [0.717, 1.165) is 29.7 Å². The molecule has 0 spiro atoms. The minimum Gasteiger partial charge on any atom is -0.336 e. The van der Waals surface area contributed by atoms with Gasteiger partial charge in [0.15, 0.2) is 0 Å². The normalized spacial score (nSPS) is 16.7. The van der Waals surface area contributed by atoms with Gasteiger partial charge in [-0.25, -0.2) is 9.78 Å². The van der Waals surface area contributed by atoms with E-state index in [4.69, 9.17) is 0 Å². The number of urea groups is 1. The first kappa shape index (κ1) is 17.6. The molecule has 0 fully saturated rings. The lowest BCUT2D eigenvalue weighted by Crippen LogP contribution is -2.44. The van der Waals surface area contributed by atoms with Crippen molar-refractivity contribution in [3.63, 3.8) is 0 Å². The fourth-order valence-corrected chi connectivity index (χ4v) is 4.44. The first-order chi connectivity index (χ1) is 11.8. The van der Waals surface area contributed by atoms with Gasteiger partial charge in [-0.1, -0.05) is 6.92 Å². The summed E-state index contributed by atoms with van der Waals surface area (Å²) in [5.74, 6) is 0.0761. The van der Waals surface area contributed by atoms with Crippen molar-refractivity contribution in [1.82, 2.24) is 20.2 Å². The van der Waals surface area contributed by atoms with Crippen LogP contribution in [-0.4, -0.2) is 27.5 Å². The number of carbonyl (C=O) groups is 2. The third kappa shape index (κ3) is 3.73. The summed E-state index contributed by atoms with van der Waals surface area (Å²) < 4.78 is 1.27. The smallest absolute Gasteiger partial charge is 0.321 e. The van der Waals surface area contributed by atoms with Crippen molar-refractivity contribution >= 4 is 33.5 Å². The minimum atomic E-state index is -0.566. The Kier molecular flexibility index (Phi) is 4.89. The van der Waals surface area contributed by atoms with Crippen LogP contribution in [0.1, 0.15) is 37.6 Å². The predicted molar refractivity (Wildman–Crippen MR) is 96.9 cm³/mol. The van der Waals surface area contributed by atoms with Crippen molar-refractivity contribution in [2.45, 2.75) is 52.6 Å². The average molecular weight is 362 g/mol. The molecular weight excluding hydrogens is 340 g/mol. The second kappa shape index (κ2) is 6.95. The molecular formula is C17H22N4O3S. The molecule has 0 aromatic carbocycles. The van der Waals surface area contributed by atoms with Crippen molar-refractivity contribution in [2.75, 3.05) is 0 Å². The van der Waals surface area contributed by atoms with E-state index < -0.39 is 11.9 Å². The molecule has 1 atom stereocenters. The van der Waals surface area contributed by atoms with Crippen LogP contribution in [0.15, 0.2) is 11.1 Å². The van der Waals surface area contributed by atoms with Gasteiger partial charge in [-0.2, -0.15) is 0 Å². The van der Waals surface area contributed by atoms with Gasteiger partial charge in [0.1, 0.15) is 11.4 Å².